The van der Waals surface area contributed by atoms with Gasteiger partial charge >= 0.3 is 49.1 Å². The fourth-order valence-electron chi connectivity index (χ4n) is 0.933. The summed E-state index contributed by atoms with van der Waals surface area (Å²) in [5.41, 5.74) is 1.44. The van der Waals surface area contributed by atoms with E-state index in [1.807, 2.05) is 0 Å². The van der Waals surface area contributed by atoms with Gasteiger partial charge in [0.2, 0.25) is 0 Å². The van der Waals surface area contributed by atoms with Gasteiger partial charge in [-0.05, 0) is 20.6 Å². The Balaban J connectivity index is 0.000000424. The second-order valence-electron chi connectivity index (χ2n) is 2.89. The van der Waals surface area contributed by atoms with Gasteiger partial charge in [0.15, 0.2) is 0 Å². The van der Waals surface area contributed by atoms with Crippen LogP contribution >= 0.6 is 40.8 Å². The van der Waals surface area contributed by atoms with Gasteiger partial charge in [-0.2, -0.15) is 17.7 Å². The third-order valence-corrected chi connectivity index (χ3v) is 1.58. The molecular weight excluding hydrogens is 435 g/mol. The van der Waals surface area contributed by atoms with Crippen molar-refractivity contribution in [2.45, 2.75) is 6.42 Å². The van der Waals surface area contributed by atoms with Crippen molar-refractivity contribution in [1.82, 2.24) is 4.90 Å². The number of nitrogens with zero attached hydrogens (tertiary/aromatic N) is 1. The van der Waals surface area contributed by atoms with E-state index in [2.05, 4.69) is 84.1 Å². The van der Waals surface area contributed by atoms with E-state index >= 15 is 0 Å². The van der Waals surface area contributed by atoms with Crippen LogP contribution in [-0.4, -0.2) is 25.5 Å². The average Bonchev–Trinajstić information content (AvgIpc) is 2.54. The van der Waals surface area contributed by atoms with Crippen LogP contribution in [-0.2, 0) is 14.7 Å². The molecule has 4 heteroatoms. The molecule has 0 aliphatic rings. The van der Waals surface area contributed by atoms with Gasteiger partial charge < -0.3 is 4.90 Å². The van der Waals surface area contributed by atoms with E-state index in [-0.39, 0.29) is 0 Å². The molecule has 1 aromatic rings. The van der Waals surface area contributed by atoms with Crippen molar-refractivity contribution in [3.8, 4) is 0 Å². The summed E-state index contributed by atoms with van der Waals surface area (Å²) in [5, 5.41) is 0. The van der Waals surface area contributed by atoms with E-state index < -0.39 is 0 Å². The Morgan fingerprint density at radius 1 is 1.23 bits per heavy atom. The molecule has 0 saturated heterocycles. The van der Waals surface area contributed by atoms with Crippen LogP contribution in [0.2, 0.25) is 0 Å². The molecule has 79 valence electrons. The van der Waals surface area contributed by atoms with Gasteiger partial charge in [0, 0.05) is 0 Å². The molecule has 0 N–H and O–H groups in total. The minimum atomic E-state index is 1.14. The van der Waals surface area contributed by atoms with E-state index in [1.54, 1.807) is 0 Å². The van der Waals surface area contributed by atoms with Gasteiger partial charge in [-0.3, -0.25) is 0 Å². The van der Waals surface area contributed by atoms with E-state index in [4.69, 9.17) is 0 Å². The van der Waals surface area contributed by atoms with Gasteiger partial charge in [0.05, 0.1) is 0 Å². The van der Waals surface area contributed by atoms with Gasteiger partial charge in [-0.15, -0.1) is 0 Å². The molecule has 0 atom stereocenters. The van der Waals surface area contributed by atoms with E-state index in [0.717, 1.165) is 6.54 Å². The van der Waals surface area contributed by atoms with E-state index in [0.29, 0.717) is 0 Å². The quantitative estimate of drug-likeness (QED) is 0.506. The first kappa shape index (κ1) is 14.3. The maximum atomic E-state index is 2.24. The Kier molecular flexibility index (Phi) is 10.8. The van der Waals surface area contributed by atoms with Crippen molar-refractivity contribution in [2.24, 2.45) is 0 Å². The first-order valence-electron chi connectivity index (χ1n) is 3.89. The summed E-state index contributed by atoms with van der Waals surface area (Å²) in [6.07, 6.45) is 1.17. The van der Waals surface area contributed by atoms with Crippen molar-refractivity contribution >= 4 is 40.8 Å². The minimum absolute atomic E-state index is 1.14. The molecule has 0 fully saturated rings. The molecule has 0 spiro atoms. The van der Waals surface area contributed by atoms with Gasteiger partial charge in [0.25, 0.3) is 0 Å². The molecule has 0 unspecified atom stereocenters. The Hall–Kier alpha value is 1.28. The zero-order chi connectivity index (χ0) is 10.1. The number of halogens is 2. The molecule has 1 rings (SSSR count). The van der Waals surface area contributed by atoms with Crippen molar-refractivity contribution in [3.05, 3.63) is 29.8 Å². The fraction of sp³-hybridized carbons (Fsp3) is 0.444. The average molecular weight is 449 g/mol. The molecule has 1 aromatic carbocycles. The van der Waals surface area contributed by atoms with Gasteiger partial charge in [-0.25, -0.2) is 12.1 Å². The molecule has 0 bridgehead atoms. The normalized spacial score (nSPS) is 9.92. The SMILES string of the molecule is CN(C)CC[c-]1cccc1.[I][Co][I]. The van der Waals surface area contributed by atoms with Crippen LogP contribution in [0.4, 0.5) is 0 Å². The van der Waals surface area contributed by atoms with Crippen LogP contribution in [0.1, 0.15) is 5.56 Å². The Labute approximate surface area is 110 Å². The van der Waals surface area contributed by atoms with Crippen LogP contribution in [0.3, 0.4) is 0 Å². The summed E-state index contributed by atoms with van der Waals surface area (Å²) >= 11 is 4.49. The summed E-state index contributed by atoms with van der Waals surface area (Å²) in [6.45, 7) is 1.14. The summed E-state index contributed by atoms with van der Waals surface area (Å²) < 4.78 is 0. The third-order valence-electron chi connectivity index (χ3n) is 1.58. The van der Waals surface area contributed by atoms with E-state index in [1.165, 1.54) is 20.2 Å². The monoisotopic (exact) mass is 449 g/mol. The Bertz CT molecular complexity index is 188. The molecule has 0 aliphatic carbocycles. The first-order chi connectivity index (χ1) is 6.20. The summed E-state index contributed by atoms with van der Waals surface area (Å²) in [4.78, 5) is 2.20. The van der Waals surface area contributed by atoms with Crippen LogP contribution in [0.25, 0.3) is 0 Å². The van der Waals surface area contributed by atoms with E-state index in [9.17, 15) is 0 Å². The molecule has 13 heavy (non-hydrogen) atoms. The van der Waals surface area contributed by atoms with Gasteiger partial charge in [-0.1, -0.05) is 6.42 Å². The molecule has 1 nitrogen and oxygen atoms in total. The van der Waals surface area contributed by atoms with Crippen molar-refractivity contribution in [1.29, 1.82) is 0 Å². The molecular formula is C9H14CoI2N-. The zero-order valence-corrected chi connectivity index (χ0v) is 13.1. The number of hydrogen-bond donors (Lipinski definition) is 0. The number of likely N-dealkylation sites (N-methyl/N-ethyl adjacent to an activating group) is 1. The Morgan fingerprint density at radius 2 is 1.69 bits per heavy atom. The van der Waals surface area contributed by atoms with Crippen LogP contribution in [0, 0.1) is 0 Å². The number of rotatable bonds is 3. The molecule has 0 saturated carbocycles. The predicted octanol–water partition coefficient (Wildman–Crippen LogP) is 3.28. The summed E-state index contributed by atoms with van der Waals surface area (Å²) in [6, 6.07) is 8.52. The zero-order valence-electron chi connectivity index (χ0n) is 7.76. The van der Waals surface area contributed by atoms with Crippen LogP contribution < -0.4 is 0 Å². The molecule has 0 heterocycles. The maximum absolute atomic E-state index is 2.24. The summed E-state index contributed by atoms with van der Waals surface area (Å²) in [5.74, 6) is 0. The standard InChI is InChI=1S/C9H14N.Co.2HI/c1-10(2)8-7-9-5-3-4-6-9;;;/h3-6H,7-8H2,1-2H3;;2*1H/q-1;+2;;/p-2. The molecule has 0 radical (unpaired) electrons. The van der Waals surface area contributed by atoms with Crippen molar-refractivity contribution < 1.29 is 8.26 Å². The summed E-state index contributed by atoms with van der Waals surface area (Å²) in [7, 11) is 5.58. The Morgan fingerprint density at radius 3 is 2.08 bits per heavy atom. The molecule has 0 aromatic heterocycles. The van der Waals surface area contributed by atoms with Crippen molar-refractivity contribution in [2.75, 3.05) is 20.6 Å². The van der Waals surface area contributed by atoms with Crippen LogP contribution in [0.15, 0.2) is 24.3 Å². The van der Waals surface area contributed by atoms with Crippen LogP contribution in [0.5, 0.6) is 0 Å². The third kappa shape index (κ3) is 9.58. The van der Waals surface area contributed by atoms with Gasteiger partial charge in [0.1, 0.15) is 0 Å². The first-order valence-corrected chi connectivity index (χ1v) is 10.6. The molecule has 0 aliphatic heterocycles. The fourth-order valence-corrected chi connectivity index (χ4v) is 0.933. The topological polar surface area (TPSA) is 3.24 Å². The number of hydrogen-bond acceptors (Lipinski definition) is 1. The second-order valence-corrected chi connectivity index (χ2v) is 11.7. The molecule has 0 amide bonds. The second kappa shape index (κ2) is 9.82. The van der Waals surface area contributed by atoms with Crippen molar-refractivity contribution in [3.63, 3.8) is 0 Å². The predicted molar refractivity (Wildman–Crippen MR) is 72.3 cm³/mol.